The maximum atomic E-state index is 10.3. The van der Waals surface area contributed by atoms with E-state index >= 15 is 0 Å². The average molecular weight is 409 g/mol. The fraction of sp³-hybridized carbons (Fsp3) is 1.00. The summed E-state index contributed by atoms with van der Waals surface area (Å²) in [6, 6.07) is 0. The van der Waals surface area contributed by atoms with Crippen LogP contribution >= 0.6 is 0 Å². The average Bonchev–Trinajstić information content (AvgIpc) is 2.64. The van der Waals surface area contributed by atoms with E-state index in [1.165, 1.54) is 0 Å². The van der Waals surface area contributed by atoms with Gasteiger partial charge in [0.2, 0.25) is 0 Å². The van der Waals surface area contributed by atoms with Crippen molar-refractivity contribution < 1.29 is 39.7 Å². The number of hydrogen-bond acceptors (Lipinski definition) is 8. The minimum atomic E-state index is -1.45. The van der Waals surface area contributed by atoms with Crippen LogP contribution in [0, 0.1) is 11.3 Å². The lowest BCUT2D eigenvalue weighted by Crippen LogP contribution is -2.62. The molecule has 2 rings (SSSR count). The fourth-order valence-electron chi connectivity index (χ4n) is 3.71. The lowest BCUT2D eigenvalue weighted by molar-refractivity contribution is -0.335. The first-order chi connectivity index (χ1) is 13.0. The van der Waals surface area contributed by atoms with Gasteiger partial charge in [-0.2, -0.15) is 0 Å². The largest absolute Gasteiger partial charge is 0.394 e. The van der Waals surface area contributed by atoms with Gasteiger partial charge in [0, 0.05) is 5.92 Å². The molecule has 2 aliphatic rings. The van der Waals surface area contributed by atoms with Crippen LogP contribution in [0.3, 0.4) is 0 Å². The van der Waals surface area contributed by atoms with Crippen LogP contribution in [0.25, 0.3) is 0 Å². The topological polar surface area (TPSA) is 129 Å². The van der Waals surface area contributed by atoms with E-state index in [4.69, 9.17) is 14.2 Å². The number of hydrogen-bond donors (Lipinski definition) is 5. The molecule has 2 aliphatic heterocycles. The van der Waals surface area contributed by atoms with E-state index in [0.717, 1.165) is 0 Å². The molecule has 0 aromatic heterocycles. The summed E-state index contributed by atoms with van der Waals surface area (Å²) in [4.78, 5) is 0. The van der Waals surface area contributed by atoms with Gasteiger partial charge in [-0.1, -0.05) is 41.5 Å². The summed E-state index contributed by atoms with van der Waals surface area (Å²) in [7, 11) is 0. The lowest BCUT2D eigenvalue weighted by Gasteiger charge is -2.47. The maximum absolute atomic E-state index is 10.3. The highest BCUT2D eigenvalue weighted by molar-refractivity contribution is 4.94. The van der Waals surface area contributed by atoms with E-state index in [1.54, 1.807) is 13.8 Å². The predicted octanol–water partition coefficient (Wildman–Crippen LogP) is 0.418. The fourth-order valence-corrected chi connectivity index (χ4v) is 3.71. The van der Waals surface area contributed by atoms with Gasteiger partial charge >= 0.3 is 0 Å². The van der Waals surface area contributed by atoms with E-state index in [2.05, 4.69) is 0 Å². The Kier molecular flexibility index (Phi) is 9.76. The van der Waals surface area contributed by atoms with Gasteiger partial charge in [0.05, 0.1) is 31.0 Å². The van der Waals surface area contributed by atoms with Crippen molar-refractivity contribution in [3.05, 3.63) is 0 Å². The number of aliphatic hydroxyl groups excluding tert-OH is 5. The predicted molar refractivity (Wildman–Crippen MR) is 104 cm³/mol. The molecule has 5 N–H and O–H groups in total. The Labute approximate surface area is 168 Å². The molecule has 0 saturated carbocycles. The summed E-state index contributed by atoms with van der Waals surface area (Å²) in [5.74, 6) is -0.378. The second-order valence-electron chi connectivity index (χ2n) is 8.79. The van der Waals surface area contributed by atoms with Crippen molar-refractivity contribution in [2.75, 3.05) is 6.61 Å². The number of rotatable bonds is 4. The van der Waals surface area contributed by atoms with Crippen molar-refractivity contribution in [1.82, 2.24) is 0 Å². The highest BCUT2D eigenvalue weighted by Gasteiger charge is 2.49. The molecule has 8 nitrogen and oxygen atoms in total. The van der Waals surface area contributed by atoms with E-state index in [-0.39, 0.29) is 17.9 Å². The van der Waals surface area contributed by atoms with Gasteiger partial charge in [0.25, 0.3) is 0 Å². The summed E-state index contributed by atoms with van der Waals surface area (Å²) in [5, 5.41) is 50.6. The minimum absolute atomic E-state index is 0.168. The highest BCUT2D eigenvalue weighted by Crippen LogP contribution is 2.34. The van der Waals surface area contributed by atoms with Crippen molar-refractivity contribution in [3.8, 4) is 0 Å². The zero-order chi connectivity index (χ0) is 21.8. The molecule has 0 unspecified atom stereocenters. The third kappa shape index (κ3) is 6.09. The molecule has 168 valence electrons. The van der Waals surface area contributed by atoms with Gasteiger partial charge < -0.3 is 39.7 Å². The van der Waals surface area contributed by atoms with Crippen molar-refractivity contribution in [3.63, 3.8) is 0 Å². The molecule has 0 aliphatic carbocycles. The second-order valence-corrected chi connectivity index (χ2v) is 8.79. The molecule has 8 heteroatoms. The van der Waals surface area contributed by atoms with Gasteiger partial charge in [-0.25, -0.2) is 0 Å². The van der Waals surface area contributed by atoms with Crippen LogP contribution in [0.4, 0.5) is 0 Å². The van der Waals surface area contributed by atoms with Crippen LogP contribution in [0.1, 0.15) is 54.9 Å². The summed E-state index contributed by atoms with van der Waals surface area (Å²) in [6.07, 6.45) is -8.25. The van der Waals surface area contributed by atoms with E-state index in [1.807, 2.05) is 34.6 Å². The third-order valence-corrected chi connectivity index (χ3v) is 5.25. The monoisotopic (exact) mass is 408 g/mol. The van der Waals surface area contributed by atoms with E-state index in [9.17, 15) is 25.5 Å². The standard InChI is InChI=1S/C18H34O8.C2H6/c1-8-12(20)9(2)24-11(7-19)16(8)26-17-15(23)14(22)13(21)10(25-17)6-18(3,4)5;1-2/h8-17,19-23H,6-7H2,1-5H3;1-2H3/t8-,9+,10-,11-,12-,13-,14+,15-,16+,17+;/m1./s1. The smallest absolute Gasteiger partial charge is 0.186 e. The summed E-state index contributed by atoms with van der Waals surface area (Å²) in [5.41, 5.74) is -0.168. The first kappa shape index (κ1) is 25.7. The normalized spacial score (nSPS) is 44.6. The highest BCUT2D eigenvalue weighted by atomic mass is 16.7. The molecular weight excluding hydrogens is 368 g/mol. The number of aliphatic hydroxyl groups is 5. The van der Waals surface area contributed by atoms with E-state index < -0.39 is 55.1 Å². The quantitative estimate of drug-likeness (QED) is 0.453. The Bertz CT molecular complexity index is 452. The molecule has 0 aromatic rings. The Hall–Kier alpha value is -0.320. The Morgan fingerprint density at radius 2 is 1.39 bits per heavy atom. The van der Waals surface area contributed by atoms with Crippen molar-refractivity contribution in [1.29, 1.82) is 0 Å². The van der Waals surface area contributed by atoms with Crippen LogP contribution in [0.5, 0.6) is 0 Å². The lowest BCUT2D eigenvalue weighted by atomic mass is 9.84. The van der Waals surface area contributed by atoms with Gasteiger partial charge in [0.15, 0.2) is 6.29 Å². The van der Waals surface area contributed by atoms with Crippen LogP contribution in [-0.2, 0) is 14.2 Å². The first-order valence-corrected chi connectivity index (χ1v) is 10.3. The zero-order valence-electron chi connectivity index (χ0n) is 18.1. The van der Waals surface area contributed by atoms with Crippen LogP contribution in [-0.4, -0.2) is 87.3 Å². The van der Waals surface area contributed by atoms with Crippen molar-refractivity contribution in [2.24, 2.45) is 11.3 Å². The summed E-state index contributed by atoms with van der Waals surface area (Å²) in [6.45, 7) is 13.1. The van der Waals surface area contributed by atoms with E-state index in [0.29, 0.717) is 6.42 Å². The molecule has 0 aromatic carbocycles. The Balaban J connectivity index is 0.00000190. The summed E-state index contributed by atoms with van der Waals surface area (Å²) >= 11 is 0. The molecule has 2 heterocycles. The first-order valence-electron chi connectivity index (χ1n) is 10.3. The Morgan fingerprint density at radius 1 is 0.821 bits per heavy atom. The van der Waals surface area contributed by atoms with Crippen LogP contribution < -0.4 is 0 Å². The number of ether oxygens (including phenoxy) is 3. The third-order valence-electron chi connectivity index (χ3n) is 5.25. The van der Waals surface area contributed by atoms with Gasteiger partial charge in [0.1, 0.15) is 24.4 Å². The van der Waals surface area contributed by atoms with Gasteiger partial charge in [-0.15, -0.1) is 0 Å². The molecule has 0 spiro atoms. The molecule has 2 fully saturated rings. The SMILES string of the molecule is CC.C[C@@H]1[C@@H](O)[C@H](C)O[C@H](CO)[C@H]1O[C@@H]1O[C@H](CC(C)(C)C)[C@@H](O)[C@H](O)[C@H]1O. The minimum Gasteiger partial charge on any atom is -0.394 e. The maximum Gasteiger partial charge on any atom is 0.186 e. The van der Waals surface area contributed by atoms with Crippen LogP contribution in [0.2, 0.25) is 0 Å². The molecule has 2 saturated heterocycles. The zero-order valence-corrected chi connectivity index (χ0v) is 18.1. The Morgan fingerprint density at radius 3 is 1.89 bits per heavy atom. The van der Waals surface area contributed by atoms with Gasteiger partial charge in [-0.3, -0.25) is 0 Å². The van der Waals surface area contributed by atoms with Crippen LogP contribution in [0.15, 0.2) is 0 Å². The molecule has 10 atom stereocenters. The van der Waals surface area contributed by atoms with Crippen molar-refractivity contribution >= 4 is 0 Å². The molecule has 28 heavy (non-hydrogen) atoms. The summed E-state index contributed by atoms with van der Waals surface area (Å²) < 4.78 is 17.2. The molecule has 0 bridgehead atoms. The van der Waals surface area contributed by atoms with Gasteiger partial charge in [-0.05, 0) is 18.8 Å². The molecule has 0 amide bonds. The second kappa shape index (κ2) is 10.6. The molecule has 0 radical (unpaired) electrons. The molecular formula is C20H40O8. The van der Waals surface area contributed by atoms with Crippen molar-refractivity contribution in [2.45, 2.75) is 110 Å².